The van der Waals surface area contributed by atoms with Gasteiger partial charge in [-0.3, -0.25) is 0 Å². The summed E-state index contributed by atoms with van der Waals surface area (Å²) in [5, 5.41) is 0. The lowest BCUT2D eigenvalue weighted by atomic mass is 10.2. The zero-order valence-electron chi connectivity index (χ0n) is 18.4. The van der Waals surface area contributed by atoms with Gasteiger partial charge in [0.15, 0.2) is 0 Å². The molecule has 0 spiro atoms. The molecule has 0 aromatic carbocycles. The molecule has 0 N–H and O–H groups in total. The summed E-state index contributed by atoms with van der Waals surface area (Å²) in [6, 6.07) is 0. The molecule has 0 aromatic heterocycles. The van der Waals surface area contributed by atoms with Crippen molar-refractivity contribution in [3.05, 3.63) is 0 Å². The molecule has 0 heterocycles. The van der Waals surface area contributed by atoms with Crippen molar-refractivity contribution in [2.24, 2.45) is 0 Å². The highest BCUT2D eigenvalue weighted by Crippen LogP contribution is 2.03. The van der Waals surface area contributed by atoms with E-state index < -0.39 is 18.7 Å². The summed E-state index contributed by atoms with van der Waals surface area (Å²) in [6.45, 7) is 10.8. The molecule has 7 nitrogen and oxygen atoms in total. The highest BCUT2D eigenvalue weighted by Gasteiger charge is 2.15. The Labute approximate surface area is 171 Å². The van der Waals surface area contributed by atoms with Crippen molar-refractivity contribution in [2.45, 2.75) is 91.6 Å². The van der Waals surface area contributed by atoms with Crippen LogP contribution in [0.1, 0.15) is 79.1 Å². The normalized spacial score (nSPS) is 13.3. The molecule has 28 heavy (non-hydrogen) atoms. The summed E-state index contributed by atoms with van der Waals surface area (Å²) >= 11 is 0. The third kappa shape index (κ3) is 19.9. The van der Waals surface area contributed by atoms with Gasteiger partial charge in [0.05, 0.1) is 26.4 Å². The standard InChI is InChI=1S/C21H42O7/c1-5-7-9-11-13-23-15-17-25-19(3)27-21(22)28-20(4)26-18-16-24-14-12-10-8-6-2/h19-20H,5-18H2,1-4H3. The molecule has 0 aliphatic carbocycles. The minimum absolute atomic E-state index is 0.365. The third-order valence-corrected chi connectivity index (χ3v) is 3.97. The molecular formula is C21H42O7. The number of ether oxygens (including phenoxy) is 6. The predicted molar refractivity (Wildman–Crippen MR) is 108 cm³/mol. The molecule has 0 bridgehead atoms. The number of rotatable bonds is 20. The molecule has 0 aromatic rings. The summed E-state index contributed by atoms with van der Waals surface area (Å²) in [7, 11) is 0. The van der Waals surface area contributed by atoms with Crippen molar-refractivity contribution in [1.82, 2.24) is 0 Å². The highest BCUT2D eigenvalue weighted by atomic mass is 16.8. The van der Waals surface area contributed by atoms with E-state index in [4.69, 9.17) is 28.4 Å². The van der Waals surface area contributed by atoms with Crippen LogP contribution >= 0.6 is 0 Å². The number of unbranched alkanes of at least 4 members (excludes halogenated alkanes) is 6. The van der Waals surface area contributed by atoms with E-state index >= 15 is 0 Å². The second-order valence-electron chi connectivity index (χ2n) is 6.71. The number of hydrogen-bond acceptors (Lipinski definition) is 7. The van der Waals surface area contributed by atoms with Gasteiger partial charge in [0, 0.05) is 13.2 Å². The minimum Gasteiger partial charge on any atom is -0.405 e. The number of hydrogen-bond donors (Lipinski definition) is 0. The number of carbonyl (C=O) groups is 1. The minimum atomic E-state index is -0.819. The Morgan fingerprint density at radius 2 is 1.04 bits per heavy atom. The van der Waals surface area contributed by atoms with Gasteiger partial charge in [-0.25, -0.2) is 4.79 Å². The van der Waals surface area contributed by atoms with Crippen LogP contribution in [0.2, 0.25) is 0 Å². The van der Waals surface area contributed by atoms with Crippen molar-refractivity contribution in [1.29, 1.82) is 0 Å². The molecule has 0 saturated heterocycles. The maximum Gasteiger partial charge on any atom is 0.512 e. The largest absolute Gasteiger partial charge is 0.512 e. The van der Waals surface area contributed by atoms with Crippen LogP contribution in [0, 0.1) is 0 Å². The lowest BCUT2D eigenvalue weighted by Crippen LogP contribution is -2.25. The Morgan fingerprint density at radius 3 is 1.43 bits per heavy atom. The van der Waals surface area contributed by atoms with Crippen LogP contribution in [-0.2, 0) is 28.4 Å². The van der Waals surface area contributed by atoms with Gasteiger partial charge < -0.3 is 28.4 Å². The summed E-state index contributed by atoms with van der Waals surface area (Å²) in [5.74, 6) is 0. The van der Waals surface area contributed by atoms with E-state index in [1.807, 2.05) is 0 Å². The van der Waals surface area contributed by atoms with Gasteiger partial charge in [-0.05, 0) is 26.7 Å². The van der Waals surface area contributed by atoms with Crippen LogP contribution < -0.4 is 0 Å². The quantitative estimate of drug-likeness (QED) is 0.159. The SMILES string of the molecule is CCCCCCOCCOC(C)OC(=O)OC(C)OCCOCCCCCC. The van der Waals surface area contributed by atoms with E-state index in [-0.39, 0.29) is 0 Å². The zero-order chi connectivity index (χ0) is 20.9. The van der Waals surface area contributed by atoms with Crippen LogP contribution in [0.25, 0.3) is 0 Å². The van der Waals surface area contributed by atoms with Crippen LogP contribution in [0.3, 0.4) is 0 Å². The van der Waals surface area contributed by atoms with E-state index in [9.17, 15) is 4.79 Å². The summed E-state index contributed by atoms with van der Waals surface area (Å²) in [5.41, 5.74) is 0. The first-order chi connectivity index (χ1) is 13.6. The highest BCUT2D eigenvalue weighted by molar-refractivity contribution is 5.60. The van der Waals surface area contributed by atoms with Crippen LogP contribution in [0.5, 0.6) is 0 Å². The molecule has 0 saturated carbocycles. The Hall–Kier alpha value is -0.890. The zero-order valence-corrected chi connectivity index (χ0v) is 18.4. The lowest BCUT2D eigenvalue weighted by molar-refractivity contribution is -0.158. The van der Waals surface area contributed by atoms with E-state index in [1.54, 1.807) is 13.8 Å². The molecule has 0 aliphatic rings. The first kappa shape index (κ1) is 27.1. The van der Waals surface area contributed by atoms with Gasteiger partial charge in [-0.2, -0.15) is 0 Å². The van der Waals surface area contributed by atoms with Crippen LogP contribution in [-0.4, -0.2) is 58.4 Å². The maximum atomic E-state index is 11.7. The Kier molecular flexibility index (Phi) is 20.2. The van der Waals surface area contributed by atoms with Crippen molar-refractivity contribution >= 4 is 6.16 Å². The van der Waals surface area contributed by atoms with Gasteiger partial charge in [0.2, 0.25) is 12.6 Å². The molecule has 0 fully saturated rings. The average molecular weight is 407 g/mol. The monoisotopic (exact) mass is 406 g/mol. The summed E-state index contributed by atoms with van der Waals surface area (Å²) in [4.78, 5) is 11.7. The van der Waals surface area contributed by atoms with E-state index in [0.717, 1.165) is 26.1 Å². The molecule has 7 heteroatoms. The van der Waals surface area contributed by atoms with Crippen molar-refractivity contribution in [3.8, 4) is 0 Å². The molecule has 0 rings (SSSR count). The molecule has 0 aliphatic heterocycles. The van der Waals surface area contributed by atoms with Gasteiger partial charge in [-0.15, -0.1) is 0 Å². The maximum absolute atomic E-state index is 11.7. The van der Waals surface area contributed by atoms with Crippen molar-refractivity contribution in [3.63, 3.8) is 0 Å². The first-order valence-corrected chi connectivity index (χ1v) is 10.9. The first-order valence-electron chi connectivity index (χ1n) is 10.9. The Balaban J connectivity index is 3.49. The molecule has 2 atom stereocenters. The molecule has 2 unspecified atom stereocenters. The fourth-order valence-electron chi connectivity index (χ4n) is 2.38. The average Bonchev–Trinajstić information content (AvgIpc) is 2.65. The van der Waals surface area contributed by atoms with Gasteiger partial charge >= 0.3 is 6.16 Å². The smallest absolute Gasteiger partial charge is 0.405 e. The summed E-state index contributed by atoms with van der Waals surface area (Å²) in [6.07, 6.45) is 7.19. The van der Waals surface area contributed by atoms with Crippen molar-refractivity contribution in [2.75, 3.05) is 39.6 Å². The fourth-order valence-corrected chi connectivity index (χ4v) is 2.38. The van der Waals surface area contributed by atoms with Gasteiger partial charge in [0.1, 0.15) is 0 Å². The van der Waals surface area contributed by atoms with E-state index in [1.165, 1.54) is 38.5 Å². The topological polar surface area (TPSA) is 72.5 Å². The van der Waals surface area contributed by atoms with Crippen LogP contribution in [0.4, 0.5) is 4.79 Å². The van der Waals surface area contributed by atoms with Crippen LogP contribution in [0.15, 0.2) is 0 Å². The number of carbonyl (C=O) groups excluding carboxylic acids is 1. The third-order valence-electron chi connectivity index (χ3n) is 3.97. The lowest BCUT2D eigenvalue weighted by Gasteiger charge is -2.17. The Bertz CT molecular complexity index is 309. The second-order valence-corrected chi connectivity index (χ2v) is 6.71. The molecule has 168 valence electrons. The predicted octanol–water partition coefficient (Wildman–Crippen LogP) is 5.06. The van der Waals surface area contributed by atoms with Crippen molar-refractivity contribution < 1.29 is 33.2 Å². The van der Waals surface area contributed by atoms with Gasteiger partial charge in [-0.1, -0.05) is 52.4 Å². The van der Waals surface area contributed by atoms with E-state index in [0.29, 0.717) is 26.4 Å². The molecular weight excluding hydrogens is 364 g/mol. The second kappa shape index (κ2) is 20.8. The molecule has 0 radical (unpaired) electrons. The Morgan fingerprint density at radius 1 is 0.607 bits per heavy atom. The fraction of sp³-hybridized carbons (Fsp3) is 0.952. The summed E-state index contributed by atoms with van der Waals surface area (Å²) < 4.78 is 31.7. The molecule has 0 amide bonds. The van der Waals surface area contributed by atoms with E-state index in [2.05, 4.69) is 13.8 Å². The van der Waals surface area contributed by atoms with Gasteiger partial charge in [0.25, 0.3) is 0 Å².